The predicted octanol–water partition coefficient (Wildman–Crippen LogP) is 5.65. The monoisotopic (exact) mass is 425 g/mol. The van der Waals surface area contributed by atoms with Gasteiger partial charge < -0.3 is 14.6 Å². The second kappa shape index (κ2) is 7.97. The molecule has 3 rings (SSSR count). The number of nitrogens with one attached hydrogen (secondary N) is 1. The first-order chi connectivity index (χ1) is 12.8. The van der Waals surface area contributed by atoms with Crippen LogP contribution in [0.4, 0.5) is 11.4 Å². The molecule has 0 unspecified atom stereocenters. The number of alkyl halides is 3. The molecule has 0 aliphatic heterocycles. The van der Waals surface area contributed by atoms with E-state index >= 15 is 0 Å². The molecule has 0 spiro atoms. The Morgan fingerprint density at radius 1 is 1.11 bits per heavy atom. The molecule has 0 radical (unpaired) electrons. The van der Waals surface area contributed by atoms with Crippen LogP contribution in [-0.4, -0.2) is 27.8 Å². The van der Waals surface area contributed by atoms with Crippen molar-refractivity contribution in [1.82, 2.24) is 4.98 Å². The van der Waals surface area contributed by atoms with E-state index < -0.39 is 9.70 Å². The number of benzene rings is 2. The van der Waals surface area contributed by atoms with Gasteiger partial charge in [-0.15, -0.1) is 0 Å². The van der Waals surface area contributed by atoms with E-state index in [4.69, 9.17) is 39.2 Å². The number of oxazole rings is 1. The van der Waals surface area contributed by atoms with Crippen LogP contribution in [0.3, 0.4) is 0 Å². The van der Waals surface area contributed by atoms with Gasteiger partial charge in [-0.25, -0.2) is 4.98 Å². The van der Waals surface area contributed by atoms with E-state index in [2.05, 4.69) is 29.0 Å². The maximum Gasteiger partial charge on any atom is 0.276 e. The van der Waals surface area contributed by atoms with Crippen molar-refractivity contribution < 1.29 is 9.21 Å². The summed E-state index contributed by atoms with van der Waals surface area (Å²) in [6.07, 6.45) is 0. The number of hydrogen-bond acceptors (Lipinski definition) is 4. The van der Waals surface area contributed by atoms with Gasteiger partial charge in [-0.2, -0.15) is 0 Å². The minimum absolute atomic E-state index is 0.468. The summed E-state index contributed by atoms with van der Waals surface area (Å²) in [5.74, 6) is -0.233. The molecule has 27 heavy (non-hydrogen) atoms. The Labute approximate surface area is 172 Å². The molecule has 0 saturated heterocycles. The van der Waals surface area contributed by atoms with Gasteiger partial charge in [-0.05, 0) is 56.3 Å². The normalized spacial score (nSPS) is 11.6. The number of anilines is 2. The Bertz CT molecular complexity index is 945. The molecule has 3 aromatic rings. The number of hydrogen-bond donors (Lipinski definition) is 1. The van der Waals surface area contributed by atoms with Crippen LogP contribution in [0.5, 0.6) is 0 Å². The van der Waals surface area contributed by atoms with Crippen LogP contribution in [0.25, 0.3) is 22.6 Å². The highest BCUT2D eigenvalue weighted by Crippen LogP contribution is 2.30. The van der Waals surface area contributed by atoms with Crippen LogP contribution >= 0.6 is 34.8 Å². The summed E-state index contributed by atoms with van der Waals surface area (Å²) in [6, 6.07) is 13.1. The van der Waals surface area contributed by atoms with Gasteiger partial charge in [0.25, 0.3) is 9.70 Å². The van der Waals surface area contributed by atoms with Crippen LogP contribution in [0.2, 0.25) is 0 Å². The molecule has 8 heteroatoms. The number of rotatable bonds is 5. The zero-order valence-corrected chi connectivity index (χ0v) is 17.1. The first kappa shape index (κ1) is 19.8. The molecule has 0 fully saturated rings. The summed E-state index contributed by atoms with van der Waals surface area (Å²) in [7, 11) is 0. The Balaban J connectivity index is 1.85. The van der Waals surface area contributed by atoms with Gasteiger partial charge in [0.1, 0.15) is 5.52 Å². The van der Waals surface area contributed by atoms with E-state index in [0.717, 1.165) is 24.3 Å². The Morgan fingerprint density at radius 3 is 2.37 bits per heavy atom. The van der Waals surface area contributed by atoms with Gasteiger partial charge in [0.2, 0.25) is 5.89 Å². The van der Waals surface area contributed by atoms with E-state index in [0.29, 0.717) is 22.7 Å². The van der Waals surface area contributed by atoms with Gasteiger partial charge in [-0.1, -0.05) is 34.8 Å². The molecule has 142 valence electrons. The summed E-state index contributed by atoms with van der Waals surface area (Å²) < 4.78 is 3.79. The molecule has 2 aromatic carbocycles. The summed E-state index contributed by atoms with van der Waals surface area (Å²) in [5.41, 5.74) is 3.69. The van der Waals surface area contributed by atoms with E-state index in [1.165, 1.54) is 0 Å². The molecule has 0 aliphatic carbocycles. The summed E-state index contributed by atoms with van der Waals surface area (Å²) in [6.45, 7) is 6.14. The van der Waals surface area contributed by atoms with E-state index in [1.54, 1.807) is 18.2 Å². The minimum Gasteiger partial charge on any atom is -0.436 e. The van der Waals surface area contributed by atoms with Crippen molar-refractivity contribution in [2.75, 3.05) is 23.3 Å². The molecule has 0 atom stereocenters. The van der Waals surface area contributed by atoms with Crippen molar-refractivity contribution in [1.29, 1.82) is 0 Å². The summed E-state index contributed by atoms with van der Waals surface area (Å²) in [5, 5.41) is 2.53. The number of aromatic nitrogens is 1. The van der Waals surface area contributed by atoms with Gasteiger partial charge >= 0.3 is 0 Å². The molecule has 1 N–H and O–H groups in total. The van der Waals surface area contributed by atoms with Crippen LogP contribution in [-0.2, 0) is 4.79 Å². The highest BCUT2D eigenvalue weighted by Gasteiger charge is 2.30. The predicted molar refractivity (Wildman–Crippen MR) is 112 cm³/mol. The van der Waals surface area contributed by atoms with E-state index in [9.17, 15) is 4.79 Å². The third-order valence-electron chi connectivity index (χ3n) is 4.15. The second-order valence-electron chi connectivity index (χ2n) is 5.87. The smallest absolute Gasteiger partial charge is 0.276 e. The zero-order chi connectivity index (χ0) is 19.6. The van der Waals surface area contributed by atoms with Crippen molar-refractivity contribution in [3.63, 3.8) is 0 Å². The Hall–Kier alpha value is -1.95. The van der Waals surface area contributed by atoms with Gasteiger partial charge in [0, 0.05) is 30.0 Å². The molecular weight excluding hydrogens is 409 g/mol. The molecular formula is C19H18Cl3N3O2. The van der Waals surface area contributed by atoms with Crippen molar-refractivity contribution in [2.24, 2.45) is 0 Å². The van der Waals surface area contributed by atoms with Crippen LogP contribution in [0.1, 0.15) is 13.8 Å². The van der Waals surface area contributed by atoms with Gasteiger partial charge in [0.15, 0.2) is 5.58 Å². The van der Waals surface area contributed by atoms with Crippen LogP contribution in [0.15, 0.2) is 46.9 Å². The average Bonchev–Trinajstić information content (AvgIpc) is 3.06. The topological polar surface area (TPSA) is 58.4 Å². The third kappa shape index (κ3) is 4.49. The Kier molecular flexibility index (Phi) is 5.84. The fraction of sp³-hybridized carbons (Fsp3) is 0.263. The summed E-state index contributed by atoms with van der Waals surface area (Å²) >= 11 is 16.7. The maximum atomic E-state index is 11.8. The quantitative estimate of drug-likeness (QED) is 0.536. The number of halogens is 3. The zero-order valence-electron chi connectivity index (χ0n) is 14.8. The number of fused-ring (bicyclic) bond motifs is 1. The fourth-order valence-electron chi connectivity index (χ4n) is 2.73. The second-order valence-corrected chi connectivity index (χ2v) is 8.15. The standard InChI is InChI=1S/C19H18Cl3N3O2/c1-3-25(4-2)14-8-5-12(6-9-14)17-24-15-11-13(7-10-16(15)27-17)23-18(26)19(20,21)22/h5-11H,3-4H2,1-2H3,(H,23,26). The molecule has 1 aromatic heterocycles. The SMILES string of the molecule is CCN(CC)c1ccc(-c2nc3cc(NC(=O)C(Cl)(Cl)Cl)ccc3o2)cc1. The number of carbonyl (C=O) groups is 1. The Morgan fingerprint density at radius 2 is 1.78 bits per heavy atom. The molecule has 0 bridgehead atoms. The molecule has 0 aliphatic rings. The lowest BCUT2D eigenvalue weighted by molar-refractivity contribution is -0.115. The largest absolute Gasteiger partial charge is 0.436 e. The molecule has 0 saturated carbocycles. The van der Waals surface area contributed by atoms with Crippen molar-refractivity contribution >= 4 is 63.2 Å². The maximum absolute atomic E-state index is 11.8. The highest BCUT2D eigenvalue weighted by atomic mass is 35.6. The molecule has 1 heterocycles. The average molecular weight is 427 g/mol. The first-order valence-corrected chi connectivity index (χ1v) is 9.59. The van der Waals surface area contributed by atoms with Crippen molar-refractivity contribution in [2.45, 2.75) is 17.6 Å². The van der Waals surface area contributed by atoms with Crippen LogP contribution < -0.4 is 10.2 Å². The highest BCUT2D eigenvalue weighted by molar-refractivity contribution is 6.76. The lowest BCUT2D eigenvalue weighted by Crippen LogP contribution is -2.26. The third-order valence-corrected chi connectivity index (χ3v) is 4.66. The number of amides is 1. The fourth-order valence-corrected chi connectivity index (χ4v) is 2.88. The van der Waals surface area contributed by atoms with Crippen LogP contribution in [0, 0.1) is 0 Å². The van der Waals surface area contributed by atoms with E-state index in [-0.39, 0.29) is 0 Å². The minimum atomic E-state index is -2.03. The summed E-state index contributed by atoms with van der Waals surface area (Å²) in [4.78, 5) is 18.5. The van der Waals surface area contributed by atoms with Gasteiger partial charge in [-0.3, -0.25) is 4.79 Å². The lowest BCUT2D eigenvalue weighted by Gasteiger charge is -2.20. The van der Waals surface area contributed by atoms with Crippen molar-refractivity contribution in [3.8, 4) is 11.5 Å². The number of carbonyl (C=O) groups excluding carboxylic acids is 1. The van der Waals surface area contributed by atoms with Crippen molar-refractivity contribution in [3.05, 3.63) is 42.5 Å². The number of nitrogens with zero attached hydrogens (tertiary/aromatic N) is 2. The molecule has 5 nitrogen and oxygen atoms in total. The molecule has 1 amide bonds. The first-order valence-electron chi connectivity index (χ1n) is 8.46. The van der Waals surface area contributed by atoms with Gasteiger partial charge in [0.05, 0.1) is 0 Å². The van der Waals surface area contributed by atoms with E-state index in [1.807, 2.05) is 24.3 Å². The lowest BCUT2D eigenvalue weighted by atomic mass is 10.2.